The van der Waals surface area contributed by atoms with E-state index < -0.39 is 28.5 Å². The molecule has 3 aromatic carbocycles. The first-order valence-corrected chi connectivity index (χ1v) is 15.8. The van der Waals surface area contributed by atoms with E-state index >= 15 is 0 Å². The van der Waals surface area contributed by atoms with Gasteiger partial charge in [0.25, 0.3) is 10.0 Å². The highest BCUT2D eigenvalue weighted by Gasteiger charge is 2.32. The second kappa shape index (κ2) is 14.5. The summed E-state index contributed by atoms with van der Waals surface area (Å²) in [4.78, 5) is 28.6. The molecule has 0 aliphatic carbocycles. The van der Waals surface area contributed by atoms with Crippen LogP contribution in [0.3, 0.4) is 0 Å². The van der Waals surface area contributed by atoms with Crippen molar-refractivity contribution in [1.82, 2.24) is 10.2 Å². The van der Waals surface area contributed by atoms with E-state index in [9.17, 15) is 18.0 Å². The predicted molar refractivity (Wildman–Crippen MR) is 164 cm³/mol. The number of nitrogens with zero attached hydrogens (tertiary/aromatic N) is 2. The summed E-state index contributed by atoms with van der Waals surface area (Å²) in [7, 11) is -4.08. The van der Waals surface area contributed by atoms with Gasteiger partial charge in [-0.2, -0.15) is 0 Å². The molecule has 0 radical (unpaired) electrons. The Bertz CT molecular complexity index is 1380. The Kier molecular flexibility index (Phi) is 11.3. The molecule has 3 aromatic rings. The average Bonchev–Trinajstić information content (AvgIpc) is 2.94. The summed E-state index contributed by atoms with van der Waals surface area (Å²) in [5, 5.41) is 2.90. The van der Waals surface area contributed by atoms with E-state index in [1.807, 2.05) is 43.3 Å². The van der Waals surface area contributed by atoms with Gasteiger partial charge in [-0.25, -0.2) is 8.42 Å². The lowest BCUT2D eigenvalue weighted by atomic mass is 10.0. The molecule has 7 nitrogen and oxygen atoms in total. The number of unbranched alkanes of at least 4 members (excludes halogenated alkanes) is 1. The molecule has 0 heterocycles. The van der Waals surface area contributed by atoms with Crippen LogP contribution >= 0.6 is 15.9 Å². The molecule has 0 saturated carbocycles. The zero-order valence-corrected chi connectivity index (χ0v) is 25.9. The Morgan fingerprint density at radius 3 is 2.20 bits per heavy atom. The molecular formula is C31H38BrN3O4S. The summed E-state index contributed by atoms with van der Waals surface area (Å²) in [5.41, 5.74) is 2.25. The number of halogens is 1. The Labute approximate surface area is 246 Å². The van der Waals surface area contributed by atoms with Crippen LogP contribution < -0.4 is 9.62 Å². The van der Waals surface area contributed by atoms with Gasteiger partial charge in [-0.05, 0) is 66.8 Å². The van der Waals surface area contributed by atoms with Gasteiger partial charge < -0.3 is 10.2 Å². The average molecular weight is 629 g/mol. The summed E-state index contributed by atoms with van der Waals surface area (Å²) < 4.78 is 29.7. The Morgan fingerprint density at radius 2 is 1.60 bits per heavy atom. The van der Waals surface area contributed by atoms with Gasteiger partial charge in [-0.15, -0.1) is 0 Å². The van der Waals surface area contributed by atoms with Gasteiger partial charge in [0.2, 0.25) is 11.8 Å². The SMILES string of the molecule is CCCCNC(=O)C(C)N(Cc1cccc(Br)c1)C(=O)CN(c1ccc(C(C)C)cc1)S(=O)(=O)c1ccccc1. The number of rotatable bonds is 13. The molecular weight excluding hydrogens is 590 g/mol. The second-order valence-corrected chi connectivity index (χ2v) is 12.8. The van der Waals surface area contributed by atoms with Crippen LogP contribution in [-0.4, -0.2) is 44.3 Å². The third kappa shape index (κ3) is 8.17. The van der Waals surface area contributed by atoms with Gasteiger partial charge >= 0.3 is 0 Å². The quantitative estimate of drug-likeness (QED) is 0.232. The number of benzene rings is 3. The Balaban J connectivity index is 2.00. The lowest BCUT2D eigenvalue weighted by Gasteiger charge is -2.32. The molecule has 214 valence electrons. The number of sulfonamides is 1. The van der Waals surface area contributed by atoms with E-state index in [2.05, 4.69) is 35.1 Å². The molecule has 3 rings (SSSR count). The smallest absolute Gasteiger partial charge is 0.264 e. The maximum Gasteiger partial charge on any atom is 0.264 e. The first kappa shape index (κ1) is 31.4. The third-order valence-corrected chi connectivity index (χ3v) is 8.98. The minimum atomic E-state index is -4.08. The number of amides is 2. The highest BCUT2D eigenvalue weighted by molar-refractivity contribution is 9.10. The van der Waals surface area contributed by atoms with E-state index in [0.717, 1.165) is 32.7 Å². The molecule has 2 amide bonds. The predicted octanol–water partition coefficient (Wildman–Crippen LogP) is 6.10. The third-order valence-electron chi connectivity index (χ3n) is 6.70. The Hall–Kier alpha value is -3.17. The fourth-order valence-electron chi connectivity index (χ4n) is 4.22. The van der Waals surface area contributed by atoms with Crippen LogP contribution in [-0.2, 0) is 26.2 Å². The van der Waals surface area contributed by atoms with Gasteiger partial charge in [0.1, 0.15) is 12.6 Å². The van der Waals surface area contributed by atoms with Crippen molar-refractivity contribution in [3.05, 3.63) is 94.5 Å². The molecule has 0 spiro atoms. The summed E-state index contributed by atoms with van der Waals surface area (Å²) in [6, 6.07) is 21.9. The highest BCUT2D eigenvalue weighted by atomic mass is 79.9. The molecule has 0 aromatic heterocycles. The van der Waals surface area contributed by atoms with Crippen molar-refractivity contribution in [3.8, 4) is 0 Å². The molecule has 1 atom stereocenters. The first-order valence-electron chi connectivity index (χ1n) is 13.5. The largest absolute Gasteiger partial charge is 0.354 e. The monoisotopic (exact) mass is 627 g/mol. The lowest BCUT2D eigenvalue weighted by molar-refractivity contribution is -0.139. The number of hydrogen-bond acceptors (Lipinski definition) is 4. The molecule has 1 N–H and O–H groups in total. The molecule has 1 unspecified atom stereocenters. The molecule has 0 bridgehead atoms. The van der Waals surface area contributed by atoms with Gasteiger partial charge in [-0.1, -0.05) is 85.6 Å². The molecule has 0 fully saturated rings. The van der Waals surface area contributed by atoms with Gasteiger partial charge in [0.05, 0.1) is 10.6 Å². The molecule has 0 saturated heterocycles. The van der Waals surface area contributed by atoms with Crippen LogP contribution in [0.1, 0.15) is 57.6 Å². The second-order valence-electron chi connectivity index (χ2n) is 10.0. The van der Waals surface area contributed by atoms with Crippen LogP contribution in [0, 0.1) is 0 Å². The topological polar surface area (TPSA) is 86.8 Å². The normalized spacial score (nSPS) is 12.2. The van der Waals surface area contributed by atoms with Crippen LogP contribution in [0.15, 0.2) is 88.2 Å². The maximum absolute atomic E-state index is 14.0. The fourth-order valence-corrected chi connectivity index (χ4v) is 6.11. The van der Waals surface area contributed by atoms with Gasteiger partial charge in [-0.3, -0.25) is 13.9 Å². The fraction of sp³-hybridized carbons (Fsp3) is 0.355. The van der Waals surface area contributed by atoms with E-state index in [4.69, 9.17) is 0 Å². The van der Waals surface area contributed by atoms with Gasteiger partial charge in [0, 0.05) is 17.6 Å². The summed E-state index contributed by atoms with van der Waals surface area (Å²) >= 11 is 3.47. The van der Waals surface area contributed by atoms with Crippen LogP contribution in [0.25, 0.3) is 0 Å². The van der Waals surface area contributed by atoms with Crippen molar-refractivity contribution in [1.29, 1.82) is 0 Å². The zero-order valence-electron chi connectivity index (χ0n) is 23.5. The van der Waals surface area contributed by atoms with Crippen molar-refractivity contribution in [2.45, 2.75) is 63.9 Å². The van der Waals surface area contributed by atoms with E-state index in [1.165, 1.54) is 17.0 Å². The number of carbonyl (C=O) groups excluding carboxylic acids is 2. The van der Waals surface area contributed by atoms with Gasteiger partial charge in [0.15, 0.2) is 0 Å². The molecule has 0 aliphatic heterocycles. The van der Waals surface area contributed by atoms with E-state index in [-0.39, 0.29) is 23.3 Å². The lowest BCUT2D eigenvalue weighted by Crippen LogP contribution is -2.51. The summed E-state index contributed by atoms with van der Waals surface area (Å²) in [5.74, 6) is -0.497. The van der Waals surface area contributed by atoms with Crippen LogP contribution in [0.5, 0.6) is 0 Å². The van der Waals surface area contributed by atoms with Crippen molar-refractivity contribution in [2.75, 3.05) is 17.4 Å². The van der Waals surface area contributed by atoms with E-state index in [1.54, 1.807) is 37.3 Å². The Morgan fingerprint density at radius 1 is 0.925 bits per heavy atom. The number of hydrogen-bond donors (Lipinski definition) is 1. The first-order chi connectivity index (χ1) is 19.0. The van der Waals surface area contributed by atoms with Crippen molar-refractivity contribution >= 4 is 43.5 Å². The molecule has 9 heteroatoms. The standard InChI is InChI=1S/C31H38BrN3O4S/c1-5-6-19-33-31(37)24(4)34(21-25-11-10-12-27(32)20-25)30(36)22-35(28-17-15-26(16-18-28)23(2)3)40(38,39)29-13-8-7-9-14-29/h7-18,20,23-24H,5-6,19,21-22H2,1-4H3,(H,33,37). The molecule has 40 heavy (non-hydrogen) atoms. The maximum atomic E-state index is 14.0. The minimum absolute atomic E-state index is 0.0830. The number of nitrogens with one attached hydrogen (secondary N) is 1. The van der Waals surface area contributed by atoms with Crippen molar-refractivity contribution in [2.24, 2.45) is 0 Å². The van der Waals surface area contributed by atoms with Crippen LogP contribution in [0.2, 0.25) is 0 Å². The molecule has 0 aliphatic rings. The number of carbonyl (C=O) groups is 2. The van der Waals surface area contributed by atoms with Crippen molar-refractivity contribution in [3.63, 3.8) is 0 Å². The number of anilines is 1. The van der Waals surface area contributed by atoms with Crippen LogP contribution in [0.4, 0.5) is 5.69 Å². The van der Waals surface area contributed by atoms with Crippen molar-refractivity contribution < 1.29 is 18.0 Å². The minimum Gasteiger partial charge on any atom is -0.354 e. The summed E-state index contributed by atoms with van der Waals surface area (Å²) in [6.07, 6.45) is 1.75. The zero-order chi connectivity index (χ0) is 29.3. The summed E-state index contributed by atoms with van der Waals surface area (Å²) in [6.45, 7) is 8.02. The highest BCUT2D eigenvalue weighted by Crippen LogP contribution is 2.26. The van der Waals surface area contributed by atoms with E-state index in [0.29, 0.717) is 12.2 Å².